The zero-order valence-corrected chi connectivity index (χ0v) is 20.4. The topological polar surface area (TPSA) is 124 Å². The molecule has 8 heteroatoms. The summed E-state index contributed by atoms with van der Waals surface area (Å²) in [4.78, 5) is 11.8. The van der Waals surface area contributed by atoms with Gasteiger partial charge in [0, 0.05) is 13.0 Å². The lowest BCUT2D eigenvalue weighted by molar-refractivity contribution is -0.121. The molecule has 0 bridgehead atoms. The van der Waals surface area contributed by atoms with Crippen molar-refractivity contribution in [2.45, 2.75) is 104 Å². The Bertz CT molecular complexity index is 573. The molecule has 4 N–H and O–H groups in total. The minimum absolute atomic E-state index is 0.00580. The van der Waals surface area contributed by atoms with Crippen molar-refractivity contribution in [3.63, 3.8) is 0 Å². The first-order valence-corrected chi connectivity index (χ1v) is 12.9. The average molecular weight is 452 g/mol. The van der Waals surface area contributed by atoms with Crippen molar-refractivity contribution >= 4 is 16.0 Å². The van der Waals surface area contributed by atoms with Crippen LogP contribution in [0.3, 0.4) is 0 Å². The Morgan fingerprint density at radius 3 is 2.07 bits per heavy atom. The van der Waals surface area contributed by atoms with Crippen molar-refractivity contribution in [1.29, 1.82) is 0 Å². The lowest BCUT2D eigenvalue weighted by Crippen LogP contribution is -2.30. The highest BCUT2D eigenvalue weighted by molar-refractivity contribution is 7.85. The Hall–Kier alpha value is -0.700. The zero-order valence-electron chi connectivity index (χ0n) is 19.6. The molecular formula is C22H45NO6S. The van der Waals surface area contributed by atoms with E-state index in [9.17, 15) is 23.4 Å². The normalized spacial score (nSPS) is 16.7. The summed E-state index contributed by atoms with van der Waals surface area (Å²) < 4.78 is 29.9. The van der Waals surface area contributed by atoms with Gasteiger partial charge in [-0.25, -0.2) is 0 Å². The summed E-state index contributed by atoms with van der Waals surface area (Å²) in [7, 11) is -4.07. The quantitative estimate of drug-likeness (QED) is 0.251. The van der Waals surface area contributed by atoms with Gasteiger partial charge < -0.3 is 15.5 Å². The van der Waals surface area contributed by atoms with Crippen LogP contribution in [0.1, 0.15) is 92.4 Å². The Morgan fingerprint density at radius 1 is 0.967 bits per heavy atom. The van der Waals surface area contributed by atoms with Gasteiger partial charge in [-0.05, 0) is 50.9 Å². The van der Waals surface area contributed by atoms with Crippen LogP contribution >= 0.6 is 0 Å². The highest BCUT2D eigenvalue weighted by atomic mass is 32.2. The van der Waals surface area contributed by atoms with E-state index in [-0.39, 0.29) is 24.8 Å². The molecular weight excluding hydrogens is 406 g/mol. The number of hydrogen-bond acceptors (Lipinski definition) is 5. The SMILES string of the molecule is CC(CC(=O)NCCS(=O)(=O)O)CC(O)C[C@H](C)CCC[C@H](C)CCCC(C)(C)O. The maximum atomic E-state index is 11.8. The molecule has 0 heterocycles. The summed E-state index contributed by atoms with van der Waals surface area (Å²) >= 11 is 0. The third kappa shape index (κ3) is 19.3. The minimum atomic E-state index is -4.07. The van der Waals surface area contributed by atoms with E-state index < -0.39 is 27.6 Å². The molecule has 0 aliphatic rings. The van der Waals surface area contributed by atoms with E-state index in [2.05, 4.69) is 19.2 Å². The number of amides is 1. The molecule has 0 aliphatic heterocycles. The van der Waals surface area contributed by atoms with Crippen LogP contribution < -0.4 is 5.32 Å². The standard InChI is InChI=1S/C22H45NO6S/c1-17(10-7-11-22(4,5)26)8-6-9-18(2)14-20(24)15-19(3)16-21(25)23-12-13-30(27,28)29/h17-20,24,26H,6-16H2,1-5H3,(H,23,25)(H,27,28,29)/t17-,18+,19?,20?/m0/s1. The molecule has 0 aromatic rings. The molecule has 0 rings (SSSR count). The number of aliphatic hydroxyl groups is 2. The number of rotatable bonds is 17. The third-order valence-electron chi connectivity index (χ3n) is 5.44. The van der Waals surface area contributed by atoms with Gasteiger partial charge in [0.2, 0.25) is 5.91 Å². The largest absolute Gasteiger partial charge is 0.393 e. The van der Waals surface area contributed by atoms with E-state index in [1.807, 2.05) is 20.8 Å². The van der Waals surface area contributed by atoms with Crippen molar-refractivity contribution in [1.82, 2.24) is 5.32 Å². The van der Waals surface area contributed by atoms with Gasteiger partial charge in [-0.3, -0.25) is 9.35 Å². The fourth-order valence-corrected chi connectivity index (χ4v) is 4.14. The Kier molecular flexibility index (Phi) is 14.0. The zero-order chi connectivity index (χ0) is 23.4. The predicted molar refractivity (Wildman–Crippen MR) is 121 cm³/mol. The van der Waals surface area contributed by atoms with Crippen molar-refractivity contribution in [3.8, 4) is 0 Å². The molecule has 180 valence electrons. The highest BCUT2D eigenvalue weighted by Gasteiger charge is 2.17. The molecule has 4 atom stereocenters. The summed E-state index contributed by atoms with van der Waals surface area (Å²) in [5, 5.41) is 22.6. The molecule has 1 amide bonds. The second kappa shape index (κ2) is 14.4. The van der Waals surface area contributed by atoms with Crippen LogP contribution in [0.25, 0.3) is 0 Å². The number of carbonyl (C=O) groups excluding carboxylic acids is 1. The second-order valence-electron chi connectivity index (χ2n) is 9.92. The first-order chi connectivity index (χ1) is 13.7. The molecule has 0 aromatic heterocycles. The number of carbonyl (C=O) groups is 1. The van der Waals surface area contributed by atoms with Gasteiger partial charge in [0.05, 0.1) is 17.5 Å². The summed E-state index contributed by atoms with van der Waals surface area (Å²) in [6.45, 7) is 9.89. The van der Waals surface area contributed by atoms with Crippen LogP contribution in [-0.4, -0.2) is 53.1 Å². The number of hydrogen-bond donors (Lipinski definition) is 4. The Labute approximate surface area is 183 Å². The van der Waals surface area contributed by atoms with Crippen LogP contribution in [0.4, 0.5) is 0 Å². The van der Waals surface area contributed by atoms with Gasteiger partial charge in [0.25, 0.3) is 10.1 Å². The number of aliphatic hydroxyl groups excluding tert-OH is 1. The lowest BCUT2D eigenvalue weighted by atomic mass is 9.89. The van der Waals surface area contributed by atoms with Crippen molar-refractivity contribution < 1.29 is 28.0 Å². The maximum Gasteiger partial charge on any atom is 0.266 e. The molecule has 0 spiro atoms. The van der Waals surface area contributed by atoms with Crippen LogP contribution in [0, 0.1) is 17.8 Å². The van der Waals surface area contributed by atoms with Gasteiger partial charge in [-0.15, -0.1) is 0 Å². The smallest absolute Gasteiger partial charge is 0.266 e. The Balaban J connectivity index is 3.93. The molecule has 0 aromatic carbocycles. The molecule has 7 nitrogen and oxygen atoms in total. The van der Waals surface area contributed by atoms with E-state index >= 15 is 0 Å². The van der Waals surface area contributed by atoms with Crippen molar-refractivity contribution in [2.75, 3.05) is 12.3 Å². The summed E-state index contributed by atoms with van der Waals surface area (Å²) in [6, 6.07) is 0. The first-order valence-electron chi connectivity index (χ1n) is 11.3. The van der Waals surface area contributed by atoms with Crippen molar-refractivity contribution in [2.24, 2.45) is 17.8 Å². The van der Waals surface area contributed by atoms with Gasteiger partial charge in [0.1, 0.15) is 0 Å². The van der Waals surface area contributed by atoms with Gasteiger partial charge in [0.15, 0.2) is 0 Å². The van der Waals surface area contributed by atoms with E-state index in [1.54, 1.807) is 0 Å². The first kappa shape index (κ1) is 29.3. The Morgan fingerprint density at radius 2 is 1.50 bits per heavy atom. The van der Waals surface area contributed by atoms with Crippen LogP contribution in [0.15, 0.2) is 0 Å². The lowest BCUT2D eigenvalue weighted by Gasteiger charge is -2.21. The fraction of sp³-hybridized carbons (Fsp3) is 0.955. The molecule has 0 saturated carbocycles. The van der Waals surface area contributed by atoms with Crippen LogP contribution in [-0.2, 0) is 14.9 Å². The predicted octanol–water partition coefficient (Wildman–Crippen LogP) is 3.54. The molecule has 0 fully saturated rings. The maximum absolute atomic E-state index is 11.8. The molecule has 0 radical (unpaired) electrons. The average Bonchev–Trinajstić information content (AvgIpc) is 2.51. The third-order valence-corrected chi connectivity index (χ3v) is 6.16. The van der Waals surface area contributed by atoms with E-state index in [1.165, 1.54) is 0 Å². The molecule has 2 unspecified atom stereocenters. The van der Waals surface area contributed by atoms with Crippen molar-refractivity contribution in [3.05, 3.63) is 0 Å². The van der Waals surface area contributed by atoms with Crippen LogP contribution in [0.2, 0.25) is 0 Å². The fourth-order valence-electron chi connectivity index (χ4n) is 3.78. The van der Waals surface area contributed by atoms with E-state index in [4.69, 9.17) is 4.55 Å². The molecule has 30 heavy (non-hydrogen) atoms. The van der Waals surface area contributed by atoms with Gasteiger partial charge >= 0.3 is 0 Å². The summed E-state index contributed by atoms with van der Waals surface area (Å²) in [5.74, 6) is 0.285. The van der Waals surface area contributed by atoms with Gasteiger partial charge in [-0.1, -0.05) is 52.9 Å². The monoisotopic (exact) mass is 451 g/mol. The van der Waals surface area contributed by atoms with E-state index in [0.29, 0.717) is 24.7 Å². The second-order valence-corrected chi connectivity index (χ2v) is 11.5. The molecule has 0 aliphatic carbocycles. The summed E-state index contributed by atoms with van der Waals surface area (Å²) in [6.07, 6.45) is 7.36. The van der Waals surface area contributed by atoms with Crippen LogP contribution in [0.5, 0.6) is 0 Å². The highest BCUT2D eigenvalue weighted by Crippen LogP contribution is 2.23. The molecule has 0 saturated heterocycles. The summed E-state index contributed by atoms with van der Waals surface area (Å²) in [5.41, 5.74) is -0.581. The van der Waals surface area contributed by atoms with E-state index in [0.717, 1.165) is 38.5 Å². The number of nitrogens with one attached hydrogen (secondary N) is 1. The minimum Gasteiger partial charge on any atom is -0.393 e. The van der Waals surface area contributed by atoms with Gasteiger partial charge in [-0.2, -0.15) is 8.42 Å².